The number of nitrogens with one attached hydrogen (secondary N) is 1. The molecule has 0 aliphatic carbocycles. The molecule has 1 amide bonds. The molecule has 0 aliphatic rings. The Morgan fingerprint density at radius 1 is 1.28 bits per heavy atom. The molecule has 0 spiro atoms. The van der Waals surface area contributed by atoms with Crippen molar-refractivity contribution in [2.75, 3.05) is 5.32 Å². The van der Waals surface area contributed by atoms with Gasteiger partial charge < -0.3 is 0 Å². The molecule has 0 saturated carbocycles. The van der Waals surface area contributed by atoms with Gasteiger partial charge in [0.15, 0.2) is 5.13 Å². The zero-order valence-electron chi connectivity index (χ0n) is 12.5. The number of halogens is 1. The maximum Gasteiger partial charge on any atom is 0.259 e. The van der Waals surface area contributed by atoms with Gasteiger partial charge in [-0.05, 0) is 30.3 Å². The summed E-state index contributed by atoms with van der Waals surface area (Å²) < 4.78 is 22.8. The Labute approximate surface area is 152 Å². The Balaban J connectivity index is 1.85. The van der Waals surface area contributed by atoms with Crippen molar-refractivity contribution in [2.24, 2.45) is 5.14 Å². The summed E-state index contributed by atoms with van der Waals surface area (Å²) in [6.45, 7) is 0. The van der Waals surface area contributed by atoms with Crippen molar-refractivity contribution in [3.05, 3.63) is 58.7 Å². The SMILES string of the molecule is NS(=O)(=O)c1ccc(Cl)c(C(=O)Nc2nc(-c3cccnc3)cs2)c1. The van der Waals surface area contributed by atoms with E-state index in [0.717, 1.165) is 11.6 Å². The lowest BCUT2D eigenvalue weighted by molar-refractivity contribution is 0.102. The van der Waals surface area contributed by atoms with Gasteiger partial charge in [0.25, 0.3) is 5.91 Å². The number of nitrogens with zero attached hydrogens (tertiary/aromatic N) is 2. The monoisotopic (exact) mass is 394 g/mol. The molecule has 0 atom stereocenters. The number of hydrogen-bond acceptors (Lipinski definition) is 6. The van der Waals surface area contributed by atoms with E-state index >= 15 is 0 Å². The van der Waals surface area contributed by atoms with Crippen molar-refractivity contribution < 1.29 is 13.2 Å². The molecule has 25 heavy (non-hydrogen) atoms. The van der Waals surface area contributed by atoms with Crippen LogP contribution in [0.1, 0.15) is 10.4 Å². The zero-order valence-corrected chi connectivity index (χ0v) is 14.9. The number of carbonyl (C=O) groups is 1. The fourth-order valence-corrected chi connectivity index (χ4v) is 3.46. The number of primary sulfonamides is 1. The predicted octanol–water partition coefficient (Wildman–Crippen LogP) is 2.76. The number of benzene rings is 1. The molecule has 0 bridgehead atoms. The lowest BCUT2D eigenvalue weighted by Crippen LogP contribution is -2.16. The molecule has 2 aromatic heterocycles. The number of rotatable bonds is 4. The van der Waals surface area contributed by atoms with Crippen LogP contribution in [-0.2, 0) is 10.0 Å². The Morgan fingerprint density at radius 3 is 2.76 bits per heavy atom. The Bertz CT molecular complexity index is 1040. The molecular formula is C15H11ClN4O3S2. The zero-order chi connectivity index (χ0) is 18.0. The number of nitrogens with two attached hydrogens (primary N) is 1. The number of sulfonamides is 1. The average Bonchev–Trinajstić information content (AvgIpc) is 3.03. The van der Waals surface area contributed by atoms with Crippen LogP contribution >= 0.6 is 22.9 Å². The summed E-state index contributed by atoms with van der Waals surface area (Å²) in [7, 11) is -3.94. The normalized spacial score (nSPS) is 11.3. The van der Waals surface area contributed by atoms with Gasteiger partial charge in [0.05, 0.1) is 21.2 Å². The van der Waals surface area contributed by atoms with Gasteiger partial charge in [0.1, 0.15) is 0 Å². The molecule has 0 radical (unpaired) electrons. The van der Waals surface area contributed by atoms with Crippen LogP contribution in [0.4, 0.5) is 5.13 Å². The van der Waals surface area contributed by atoms with Gasteiger partial charge in [-0.2, -0.15) is 0 Å². The van der Waals surface area contributed by atoms with Gasteiger partial charge in [-0.3, -0.25) is 15.1 Å². The molecule has 3 rings (SSSR count). The topological polar surface area (TPSA) is 115 Å². The van der Waals surface area contributed by atoms with Crippen LogP contribution in [0.3, 0.4) is 0 Å². The van der Waals surface area contributed by atoms with Gasteiger partial charge in [-0.25, -0.2) is 18.5 Å². The highest BCUT2D eigenvalue weighted by Gasteiger charge is 2.17. The molecular weight excluding hydrogens is 384 g/mol. The summed E-state index contributed by atoms with van der Waals surface area (Å²) in [5.74, 6) is -0.581. The first kappa shape index (κ1) is 17.5. The number of pyridine rings is 1. The molecule has 1 aromatic carbocycles. The third-order valence-electron chi connectivity index (χ3n) is 3.19. The summed E-state index contributed by atoms with van der Waals surface area (Å²) in [6.07, 6.45) is 3.31. The Morgan fingerprint density at radius 2 is 2.08 bits per heavy atom. The van der Waals surface area contributed by atoms with Gasteiger partial charge >= 0.3 is 0 Å². The highest BCUT2D eigenvalue weighted by molar-refractivity contribution is 7.89. The molecule has 7 nitrogen and oxygen atoms in total. The molecule has 3 aromatic rings. The summed E-state index contributed by atoms with van der Waals surface area (Å²) in [4.78, 5) is 20.5. The summed E-state index contributed by atoms with van der Waals surface area (Å²) >= 11 is 7.21. The first-order valence-corrected chi connectivity index (χ1v) is 9.64. The summed E-state index contributed by atoms with van der Waals surface area (Å²) in [5, 5.41) is 9.90. The highest BCUT2D eigenvalue weighted by atomic mass is 35.5. The van der Waals surface area contributed by atoms with Crippen LogP contribution in [0.5, 0.6) is 0 Å². The van der Waals surface area contributed by atoms with Gasteiger partial charge in [-0.15, -0.1) is 11.3 Å². The van der Waals surface area contributed by atoms with Gasteiger partial charge in [-0.1, -0.05) is 11.6 Å². The summed E-state index contributed by atoms with van der Waals surface area (Å²) in [5.41, 5.74) is 1.47. The average molecular weight is 395 g/mol. The van der Waals surface area contributed by atoms with E-state index in [1.54, 1.807) is 23.8 Å². The standard InChI is InChI=1S/C15H11ClN4O3S2/c16-12-4-3-10(25(17,22)23)6-11(12)14(21)20-15-19-13(8-24-15)9-2-1-5-18-7-9/h1-8H,(H2,17,22,23)(H,19,20,21). The van der Waals surface area contributed by atoms with Gasteiger partial charge in [0.2, 0.25) is 10.0 Å². The van der Waals surface area contributed by atoms with Crippen molar-refractivity contribution >= 4 is 44.0 Å². The maximum absolute atomic E-state index is 12.4. The minimum Gasteiger partial charge on any atom is -0.298 e. The number of carbonyl (C=O) groups excluding carboxylic acids is 1. The van der Waals surface area contributed by atoms with Crippen molar-refractivity contribution in [3.63, 3.8) is 0 Å². The van der Waals surface area contributed by atoms with Crippen molar-refractivity contribution in [2.45, 2.75) is 4.90 Å². The second-order valence-corrected chi connectivity index (χ2v) is 7.75. The molecule has 2 heterocycles. The molecule has 0 aliphatic heterocycles. The van der Waals surface area contributed by atoms with E-state index in [-0.39, 0.29) is 15.5 Å². The molecule has 0 fully saturated rings. The second kappa shape index (κ2) is 6.89. The number of hydrogen-bond donors (Lipinski definition) is 2. The molecule has 128 valence electrons. The van der Waals surface area contributed by atoms with E-state index in [0.29, 0.717) is 10.8 Å². The van der Waals surface area contributed by atoms with Crippen LogP contribution in [0, 0.1) is 0 Å². The fraction of sp³-hybridized carbons (Fsp3) is 0. The van der Waals surface area contributed by atoms with E-state index in [1.807, 2.05) is 6.07 Å². The van der Waals surface area contributed by atoms with Crippen LogP contribution in [0.2, 0.25) is 5.02 Å². The van der Waals surface area contributed by atoms with E-state index in [2.05, 4.69) is 15.3 Å². The van der Waals surface area contributed by atoms with Crippen LogP contribution in [-0.4, -0.2) is 24.3 Å². The first-order chi connectivity index (χ1) is 11.8. The van der Waals surface area contributed by atoms with Crippen LogP contribution < -0.4 is 10.5 Å². The minimum absolute atomic E-state index is 0.00804. The summed E-state index contributed by atoms with van der Waals surface area (Å²) in [6, 6.07) is 7.30. The van der Waals surface area contributed by atoms with Crippen LogP contribution in [0.25, 0.3) is 11.3 Å². The third kappa shape index (κ3) is 4.02. The maximum atomic E-state index is 12.4. The fourth-order valence-electron chi connectivity index (χ4n) is 2.00. The first-order valence-electron chi connectivity index (χ1n) is 6.84. The Kier molecular flexibility index (Phi) is 4.82. The lowest BCUT2D eigenvalue weighted by Gasteiger charge is -2.06. The predicted molar refractivity (Wildman–Crippen MR) is 96.1 cm³/mol. The molecule has 3 N–H and O–H groups in total. The lowest BCUT2D eigenvalue weighted by atomic mass is 10.2. The number of amides is 1. The smallest absolute Gasteiger partial charge is 0.259 e. The van der Waals surface area contributed by atoms with E-state index in [4.69, 9.17) is 16.7 Å². The van der Waals surface area contributed by atoms with Crippen LogP contribution in [0.15, 0.2) is 53.0 Å². The molecule has 0 unspecified atom stereocenters. The second-order valence-electron chi connectivity index (χ2n) is 4.92. The quantitative estimate of drug-likeness (QED) is 0.705. The van der Waals surface area contributed by atoms with Crippen molar-refractivity contribution in [1.29, 1.82) is 0 Å². The van der Waals surface area contributed by atoms with Crippen molar-refractivity contribution in [1.82, 2.24) is 9.97 Å². The van der Waals surface area contributed by atoms with Gasteiger partial charge in [0, 0.05) is 23.3 Å². The number of aromatic nitrogens is 2. The molecule has 10 heteroatoms. The van der Waals surface area contributed by atoms with Crippen molar-refractivity contribution in [3.8, 4) is 11.3 Å². The van der Waals surface area contributed by atoms with E-state index in [1.165, 1.54) is 23.5 Å². The van der Waals surface area contributed by atoms with E-state index < -0.39 is 15.9 Å². The largest absolute Gasteiger partial charge is 0.298 e. The van der Waals surface area contributed by atoms with E-state index in [9.17, 15) is 13.2 Å². The minimum atomic E-state index is -3.94. The highest BCUT2D eigenvalue weighted by Crippen LogP contribution is 2.26. The third-order valence-corrected chi connectivity index (χ3v) is 5.19. The number of anilines is 1. The Hall–Kier alpha value is -2.33. The molecule has 0 saturated heterocycles. The number of thiazole rings is 1.